The zero-order valence-electron chi connectivity index (χ0n) is 13.3. The highest BCUT2D eigenvalue weighted by Gasteiger charge is 2.25. The van der Waals surface area contributed by atoms with Gasteiger partial charge in [0.15, 0.2) is 0 Å². The van der Waals surface area contributed by atoms with Crippen LogP contribution in [0.15, 0.2) is 24.3 Å². The standard InChI is InChI=1S/C17H24N2O2/c1-12(20)19(11-16(21)18-14-7-8-14)15-9-5-13(6-10-15)17(2,3)4/h5-6,9-10,14H,7-8,11H2,1-4H3,(H,18,21). The van der Waals surface area contributed by atoms with E-state index in [4.69, 9.17) is 0 Å². The number of hydrogen-bond acceptors (Lipinski definition) is 2. The molecule has 1 N–H and O–H groups in total. The minimum absolute atomic E-state index is 0.0724. The minimum atomic E-state index is -0.121. The Morgan fingerprint density at radius 1 is 1.19 bits per heavy atom. The largest absolute Gasteiger partial charge is 0.352 e. The number of nitrogens with zero attached hydrogens (tertiary/aromatic N) is 1. The number of nitrogens with one attached hydrogen (secondary N) is 1. The fraction of sp³-hybridized carbons (Fsp3) is 0.529. The van der Waals surface area contributed by atoms with Gasteiger partial charge in [-0.1, -0.05) is 32.9 Å². The van der Waals surface area contributed by atoms with E-state index in [1.54, 1.807) is 0 Å². The van der Waals surface area contributed by atoms with E-state index in [0.717, 1.165) is 18.5 Å². The minimum Gasteiger partial charge on any atom is -0.352 e. The quantitative estimate of drug-likeness (QED) is 0.926. The maximum Gasteiger partial charge on any atom is 0.240 e. The highest BCUT2D eigenvalue weighted by atomic mass is 16.2. The van der Waals surface area contributed by atoms with Gasteiger partial charge >= 0.3 is 0 Å². The lowest BCUT2D eigenvalue weighted by Gasteiger charge is -2.23. The Morgan fingerprint density at radius 2 is 1.76 bits per heavy atom. The lowest BCUT2D eigenvalue weighted by Crippen LogP contribution is -2.40. The Hall–Kier alpha value is -1.84. The molecule has 2 amide bonds. The van der Waals surface area contributed by atoms with Crippen molar-refractivity contribution in [3.63, 3.8) is 0 Å². The van der Waals surface area contributed by atoms with Crippen LogP contribution in [0.3, 0.4) is 0 Å². The van der Waals surface area contributed by atoms with Crippen molar-refractivity contribution in [1.29, 1.82) is 0 Å². The molecule has 1 saturated carbocycles. The van der Waals surface area contributed by atoms with Crippen molar-refractivity contribution in [1.82, 2.24) is 5.32 Å². The Bertz CT molecular complexity index is 525. The smallest absolute Gasteiger partial charge is 0.240 e. The monoisotopic (exact) mass is 288 g/mol. The third-order valence-corrected chi connectivity index (χ3v) is 3.67. The summed E-state index contributed by atoms with van der Waals surface area (Å²) in [5, 5.41) is 2.91. The van der Waals surface area contributed by atoms with Gasteiger partial charge in [-0.2, -0.15) is 0 Å². The molecule has 0 heterocycles. The van der Waals surface area contributed by atoms with Gasteiger partial charge in [0.05, 0.1) is 0 Å². The van der Waals surface area contributed by atoms with Gasteiger partial charge in [0.25, 0.3) is 0 Å². The lowest BCUT2D eigenvalue weighted by molar-refractivity contribution is -0.123. The van der Waals surface area contributed by atoms with Crippen molar-refractivity contribution >= 4 is 17.5 Å². The maximum atomic E-state index is 11.9. The van der Waals surface area contributed by atoms with Crippen molar-refractivity contribution in [3.8, 4) is 0 Å². The summed E-state index contributed by atoms with van der Waals surface area (Å²) < 4.78 is 0. The van der Waals surface area contributed by atoms with Crippen LogP contribution in [0.2, 0.25) is 0 Å². The van der Waals surface area contributed by atoms with Gasteiger partial charge in [0, 0.05) is 18.7 Å². The molecule has 1 aliphatic carbocycles. The first-order valence-corrected chi connectivity index (χ1v) is 7.45. The number of anilines is 1. The van der Waals surface area contributed by atoms with E-state index in [1.807, 2.05) is 24.3 Å². The summed E-state index contributed by atoms with van der Waals surface area (Å²) in [5.41, 5.74) is 2.04. The van der Waals surface area contributed by atoms with Crippen molar-refractivity contribution in [3.05, 3.63) is 29.8 Å². The molecule has 1 fully saturated rings. The van der Waals surface area contributed by atoms with Gasteiger partial charge in [0.2, 0.25) is 11.8 Å². The second-order valence-corrected chi connectivity index (χ2v) is 6.74. The zero-order valence-corrected chi connectivity index (χ0v) is 13.3. The van der Waals surface area contributed by atoms with Gasteiger partial charge in [-0.05, 0) is 36.0 Å². The molecule has 0 unspecified atom stereocenters. The van der Waals surface area contributed by atoms with Crippen molar-refractivity contribution in [2.75, 3.05) is 11.4 Å². The Balaban J connectivity index is 2.10. The highest BCUT2D eigenvalue weighted by Crippen LogP contribution is 2.25. The summed E-state index contributed by atoms with van der Waals surface area (Å²) in [6, 6.07) is 8.17. The number of carbonyl (C=O) groups is 2. The Kier molecular flexibility index (Phi) is 4.35. The van der Waals surface area contributed by atoms with Gasteiger partial charge in [-0.25, -0.2) is 0 Å². The SMILES string of the molecule is CC(=O)N(CC(=O)NC1CC1)c1ccc(C(C)(C)C)cc1. The first kappa shape index (κ1) is 15.5. The van der Waals surface area contributed by atoms with E-state index in [-0.39, 0.29) is 23.8 Å². The van der Waals surface area contributed by atoms with E-state index in [2.05, 4.69) is 26.1 Å². The lowest BCUT2D eigenvalue weighted by atomic mass is 9.87. The van der Waals surface area contributed by atoms with Crippen molar-refractivity contribution in [2.45, 2.75) is 52.0 Å². The fourth-order valence-corrected chi connectivity index (χ4v) is 2.17. The predicted molar refractivity (Wildman–Crippen MR) is 84.3 cm³/mol. The average molecular weight is 288 g/mol. The third kappa shape index (κ3) is 4.31. The number of benzene rings is 1. The molecule has 2 rings (SSSR count). The topological polar surface area (TPSA) is 49.4 Å². The second-order valence-electron chi connectivity index (χ2n) is 6.74. The van der Waals surface area contributed by atoms with Crippen LogP contribution in [-0.4, -0.2) is 24.4 Å². The molecule has 0 aliphatic heterocycles. The summed E-state index contributed by atoms with van der Waals surface area (Å²) in [6.45, 7) is 8.01. The third-order valence-electron chi connectivity index (χ3n) is 3.67. The maximum absolute atomic E-state index is 11.9. The van der Waals surface area contributed by atoms with E-state index in [0.29, 0.717) is 6.04 Å². The second kappa shape index (κ2) is 5.88. The summed E-state index contributed by atoms with van der Waals surface area (Å²) in [6.07, 6.45) is 2.10. The molecule has 0 atom stereocenters. The fourth-order valence-electron chi connectivity index (χ4n) is 2.17. The number of hydrogen-bond donors (Lipinski definition) is 1. The van der Waals surface area contributed by atoms with Crippen LogP contribution in [0.1, 0.15) is 46.1 Å². The molecule has 0 saturated heterocycles. The summed E-state index contributed by atoms with van der Waals surface area (Å²) in [4.78, 5) is 25.2. The number of rotatable bonds is 4. The molecule has 114 valence electrons. The first-order valence-electron chi connectivity index (χ1n) is 7.45. The van der Waals surface area contributed by atoms with E-state index >= 15 is 0 Å². The molecule has 4 heteroatoms. The van der Waals surface area contributed by atoms with E-state index in [1.165, 1.54) is 17.4 Å². The van der Waals surface area contributed by atoms with Crippen LogP contribution in [0, 0.1) is 0 Å². The Labute approximate surface area is 126 Å². The zero-order chi connectivity index (χ0) is 15.6. The molecule has 0 radical (unpaired) electrons. The van der Waals surface area contributed by atoms with Crippen molar-refractivity contribution < 1.29 is 9.59 Å². The first-order chi connectivity index (χ1) is 9.77. The Morgan fingerprint density at radius 3 is 2.19 bits per heavy atom. The van der Waals surface area contributed by atoms with Crippen LogP contribution in [0.5, 0.6) is 0 Å². The van der Waals surface area contributed by atoms with Crippen LogP contribution in [-0.2, 0) is 15.0 Å². The molecule has 0 aromatic heterocycles. The number of carbonyl (C=O) groups excluding carboxylic acids is 2. The van der Waals surface area contributed by atoms with Gasteiger partial charge in [0.1, 0.15) is 6.54 Å². The average Bonchev–Trinajstić information content (AvgIpc) is 3.18. The van der Waals surface area contributed by atoms with Crippen LogP contribution in [0.25, 0.3) is 0 Å². The van der Waals surface area contributed by atoms with Gasteiger partial charge in [-0.3, -0.25) is 9.59 Å². The predicted octanol–water partition coefficient (Wildman–Crippen LogP) is 2.62. The molecule has 1 aromatic carbocycles. The molecule has 21 heavy (non-hydrogen) atoms. The van der Waals surface area contributed by atoms with Crippen LogP contribution >= 0.6 is 0 Å². The normalized spacial score (nSPS) is 14.7. The van der Waals surface area contributed by atoms with Gasteiger partial charge in [-0.15, -0.1) is 0 Å². The van der Waals surface area contributed by atoms with Crippen molar-refractivity contribution in [2.24, 2.45) is 0 Å². The highest BCUT2D eigenvalue weighted by molar-refractivity contribution is 5.97. The molecule has 0 spiro atoms. The molecule has 1 aliphatic rings. The molecular formula is C17H24N2O2. The molecular weight excluding hydrogens is 264 g/mol. The summed E-state index contributed by atoms with van der Waals surface area (Å²) >= 11 is 0. The summed E-state index contributed by atoms with van der Waals surface area (Å²) in [7, 11) is 0. The number of amides is 2. The summed E-state index contributed by atoms with van der Waals surface area (Å²) in [5.74, 6) is -0.211. The molecule has 1 aromatic rings. The van der Waals surface area contributed by atoms with Crippen LogP contribution in [0.4, 0.5) is 5.69 Å². The van der Waals surface area contributed by atoms with E-state index < -0.39 is 0 Å². The van der Waals surface area contributed by atoms with Crippen LogP contribution < -0.4 is 10.2 Å². The molecule has 4 nitrogen and oxygen atoms in total. The van der Waals surface area contributed by atoms with E-state index in [9.17, 15) is 9.59 Å². The molecule has 0 bridgehead atoms. The van der Waals surface area contributed by atoms with Gasteiger partial charge < -0.3 is 10.2 Å².